The van der Waals surface area contributed by atoms with Gasteiger partial charge < -0.3 is 0 Å². The molecule has 4 fully saturated rings. The number of hydrogen-bond donors (Lipinski definition) is 0. The molecule has 38 heavy (non-hydrogen) atoms. The Hall–Kier alpha value is 1.14. The van der Waals surface area contributed by atoms with Crippen LogP contribution in [0, 0.1) is 12.3 Å². The second-order valence-electron chi connectivity index (χ2n) is 12.8. The fraction of sp³-hybridized carbons (Fsp3) is 0.750. The maximum Gasteiger partial charge on any atom is 1.00 e. The maximum atomic E-state index is 7.72. The Bertz CT molecular complexity index is 710. The van der Waals surface area contributed by atoms with E-state index >= 15 is 0 Å². The van der Waals surface area contributed by atoms with E-state index in [1.165, 1.54) is 140 Å². The summed E-state index contributed by atoms with van der Waals surface area (Å²) in [6, 6.07) is 9.30. The zero-order valence-corrected chi connectivity index (χ0v) is 26.8. The predicted octanol–water partition coefficient (Wildman–Crippen LogP) is 4.25. The molecule has 1 aromatic rings. The van der Waals surface area contributed by atoms with Crippen molar-refractivity contribution in [2.75, 3.05) is 0 Å². The van der Waals surface area contributed by atoms with Crippen LogP contribution in [0.2, 0.25) is 0 Å². The number of hydrogen-bond acceptors (Lipinski definition) is 0. The van der Waals surface area contributed by atoms with Gasteiger partial charge in [-0.2, -0.15) is 0 Å². The third-order valence-electron chi connectivity index (χ3n) is 10.5. The van der Waals surface area contributed by atoms with Crippen molar-refractivity contribution in [2.24, 2.45) is 0 Å². The van der Waals surface area contributed by atoms with Crippen LogP contribution < -0.4 is 37.7 Å². The van der Waals surface area contributed by atoms with Crippen LogP contribution in [0.1, 0.15) is 140 Å². The van der Waals surface area contributed by atoms with Gasteiger partial charge in [-0.15, -0.1) is 24.5 Å². The third kappa shape index (κ3) is 7.95. The molecule has 0 heterocycles. The monoisotopic (exact) mass is 532 g/mol. The molecule has 0 spiro atoms. The van der Waals surface area contributed by atoms with Crippen molar-refractivity contribution in [1.82, 2.24) is 0 Å². The first-order chi connectivity index (χ1) is 17.6. The fourth-order valence-corrected chi connectivity index (χ4v) is 16.9. The SMILES string of the molecule is [B][P+]([CH-]c1ccccc1[CH-][P+]([B])(C1CCCCC1)C1CCCCC1)(C1CCCCC1)C1CCCCC1.[Li+].[Li+]. The van der Waals surface area contributed by atoms with Gasteiger partial charge in [0.1, 0.15) is 0 Å². The van der Waals surface area contributed by atoms with E-state index in [0.29, 0.717) is 0 Å². The molecular weight excluding hydrogens is 482 g/mol. The molecule has 4 radical (unpaired) electrons. The van der Waals surface area contributed by atoms with Crippen LogP contribution in [0.5, 0.6) is 0 Å². The summed E-state index contributed by atoms with van der Waals surface area (Å²) in [5.74, 6) is 0. The summed E-state index contributed by atoms with van der Waals surface area (Å²) in [4.78, 5) is 0. The first kappa shape index (κ1) is 33.6. The molecule has 0 aliphatic heterocycles. The molecule has 1 aromatic carbocycles. The molecule has 0 bridgehead atoms. The molecule has 6 heteroatoms. The van der Waals surface area contributed by atoms with E-state index in [0.717, 1.165) is 22.6 Å². The molecule has 5 rings (SSSR count). The van der Waals surface area contributed by atoms with Crippen molar-refractivity contribution in [3.05, 3.63) is 47.7 Å². The second-order valence-corrected chi connectivity index (χ2v) is 19.9. The molecule has 0 nitrogen and oxygen atoms in total. The molecule has 0 amide bonds. The van der Waals surface area contributed by atoms with Gasteiger partial charge in [-0.25, -0.2) is 12.1 Å². The molecule has 0 saturated heterocycles. The first-order valence-corrected chi connectivity index (χ1v) is 19.9. The molecule has 194 valence electrons. The van der Waals surface area contributed by atoms with Crippen molar-refractivity contribution in [1.29, 1.82) is 0 Å². The smallest absolute Gasteiger partial charge is 0.256 e. The average molecular weight is 532 g/mol. The summed E-state index contributed by atoms with van der Waals surface area (Å²) in [6.45, 7) is 0. The van der Waals surface area contributed by atoms with Crippen molar-refractivity contribution in [3.8, 4) is 0 Å². The van der Waals surface area contributed by atoms with E-state index in [9.17, 15) is 0 Å². The van der Waals surface area contributed by atoms with Crippen LogP contribution in [0.3, 0.4) is 0 Å². The van der Waals surface area contributed by atoms with E-state index in [1.807, 2.05) is 0 Å². The zero-order chi connectivity index (χ0) is 24.8. The zero-order valence-electron chi connectivity index (χ0n) is 25.0. The molecule has 0 aromatic heterocycles. The minimum Gasteiger partial charge on any atom is -0.256 e. The van der Waals surface area contributed by atoms with Crippen molar-refractivity contribution < 1.29 is 37.7 Å². The Morgan fingerprint density at radius 1 is 0.447 bits per heavy atom. The van der Waals surface area contributed by atoms with Gasteiger partial charge in [0.2, 0.25) is 0 Å². The average Bonchev–Trinajstić information content (AvgIpc) is 2.96. The Morgan fingerprint density at radius 3 is 0.921 bits per heavy atom. The molecular formula is C32H50B2Li2P2+2. The molecule has 0 N–H and O–H groups in total. The van der Waals surface area contributed by atoms with Gasteiger partial charge in [-0.05, 0) is 103 Å². The minimum atomic E-state index is -1.67. The predicted molar refractivity (Wildman–Crippen MR) is 166 cm³/mol. The van der Waals surface area contributed by atoms with Crippen molar-refractivity contribution in [3.63, 3.8) is 0 Å². The van der Waals surface area contributed by atoms with E-state index < -0.39 is 14.3 Å². The van der Waals surface area contributed by atoms with E-state index in [2.05, 4.69) is 36.6 Å². The number of rotatable bonds is 8. The van der Waals surface area contributed by atoms with Gasteiger partial charge in [0, 0.05) is 22.6 Å². The Kier molecular flexibility index (Phi) is 14.3. The maximum absolute atomic E-state index is 7.72. The van der Waals surface area contributed by atoms with Crippen molar-refractivity contribution in [2.45, 2.75) is 151 Å². The van der Waals surface area contributed by atoms with Gasteiger partial charge in [-0.1, -0.05) is 40.0 Å². The Morgan fingerprint density at radius 2 is 0.684 bits per heavy atom. The topological polar surface area (TPSA) is 0 Å². The molecule has 4 saturated carbocycles. The van der Waals surface area contributed by atoms with Gasteiger partial charge in [0.25, 0.3) is 0 Å². The van der Waals surface area contributed by atoms with Crippen LogP contribution in [-0.4, -0.2) is 37.8 Å². The summed E-state index contributed by atoms with van der Waals surface area (Å²) in [5.41, 5.74) is 5.86. The molecule has 4 aliphatic rings. The largest absolute Gasteiger partial charge is 1.00 e. The van der Waals surface area contributed by atoms with Crippen LogP contribution in [0.15, 0.2) is 24.3 Å². The van der Waals surface area contributed by atoms with E-state index in [1.54, 1.807) is 0 Å². The number of benzene rings is 1. The van der Waals surface area contributed by atoms with Gasteiger partial charge >= 0.3 is 52.9 Å². The summed E-state index contributed by atoms with van der Waals surface area (Å²) < 4.78 is 0. The summed E-state index contributed by atoms with van der Waals surface area (Å²) >= 11 is 0. The van der Waals surface area contributed by atoms with Gasteiger partial charge in [0.05, 0.1) is 0 Å². The first-order valence-electron chi connectivity index (χ1n) is 15.7. The summed E-state index contributed by atoms with van der Waals surface area (Å²) in [5, 5.41) is 0. The Labute approximate surface area is 264 Å². The Balaban J connectivity index is 0.00000200. The van der Waals surface area contributed by atoms with E-state index in [-0.39, 0.29) is 37.7 Å². The van der Waals surface area contributed by atoms with Crippen LogP contribution in [0.4, 0.5) is 0 Å². The van der Waals surface area contributed by atoms with Crippen LogP contribution in [0.25, 0.3) is 0 Å². The standard InChI is InChI=1S/C32H50B2P2.2Li/c33-35(29-17-5-1-6-18-29,30-19-7-2-8-20-30)25-27-15-13-14-16-28(27)26-36(34,31-21-9-3-10-22-31)32-23-11-4-12-24-32;;/h13-16,25-26,29-32H,1-12,17-24H2;;/q;2*+1. The fourth-order valence-electron chi connectivity index (χ4n) is 8.36. The van der Waals surface area contributed by atoms with Crippen molar-refractivity contribution >= 4 is 29.4 Å². The quantitative estimate of drug-likeness (QED) is 0.267. The minimum absolute atomic E-state index is 0. The van der Waals surface area contributed by atoms with Crippen LogP contribution >= 0.6 is 14.3 Å². The molecule has 0 atom stereocenters. The third-order valence-corrected chi connectivity index (χ3v) is 19.1. The normalized spacial score (nSPS) is 23.2. The second kappa shape index (κ2) is 16.1. The molecule has 0 unspecified atom stereocenters. The van der Waals surface area contributed by atoms with Gasteiger partial charge in [-0.3, -0.25) is 11.1 Å². The van der Waals surface area contributed by atoms with E-state index in [4.69, 9.17) is 15.1 Å². The van der Waals surface area contributed by atoms with Crippen LogP contribution in [-0.2, 0) is 0 Å². The summed E-state index contributed by atoms with van der Waals surface area (Å²) in [6.07, 6.45) is 33.0. The molecule has 4 aliphatic carbocycles. The van der Waals surface area contributed by atoms with Gasteiger partial charge in [0.15, 0.2) is 0 Å². The summed E-state index contributed by atoms with van der Waals surface area (Å²) in [7, 11) is 12.1.